The number of rotatable bonds is 4. The lowest BCUT2D eigenvalue weighted by atomic mass is 10.1. The van der Waals surface area contributed by atoms with Gasteiger partial charge in [-0.15, -0.1) is 10.2 Å². The Hall–Kier alpha value is -3.41. The lowest BCUT2D eigenvalue weighted by molar-refractivity contribution is -0.116. The van der Waals surface area contributed by atoms with Crippen molar-refractivity contribution < 1.29 is 9.21 Å². The molecule has 0 fully saturated rings. The van der Waals surface area contributed by atoms with Crippen molar-refractivity contribution in [2.45, 2.75) is 27.3 Å². The van der Waals surface area contributed by atoms with E-state index in [9.17, 15) is 4.79 Å². The molecule has 0 aliphatic rings. The first-order valence-electron chi connectivity index (χ1n) is 8.77. The number of amides is 1. The smallest absolute Gasteiger partial charge is 0.264 e. The van der Waals surface area contributed by atoms with E-state index in [2.05, 4.69) is 15.5 Å². The minimum atomic E-state index is -0.109. The summed E-state index contributed by atoms with van der Waals surface area (Å²) in [6.45, 7) is 5.88. The number of hydrogen-bond donors (Lipinski definition) is 1. The van der Waals surface area contributed by atoms with Gasteiger partial charge in [-0.3, -0.25) is 4.79 Å². The van der Waals surface area contributed by atoms with E-state index in [1.165, 1.54) is 0 Å². The van der Waals surface area contributed by atoms with Crippen LogP contribution < -0.4 is 5.32 Å². The van der Waals surface area contributed by atoms with Crippen LogP contribution in [0.25, 0.3) is 22.5 Å². The molecule has 1 amide bonds. The maximum absolute atomic E-state index is 12.8. The molecule has 4 rings (SSSR count). The lowest BCUT2D eigenvalue weighted by Gasteiger charge is -2.12. The summed E-state index contributed by atoms with van der Waals surface area (Å²) in [5.41, 5.74) is 4.63. The summed E-state index contributed by atoms with van der Waals surface area (Å²) >= 11 is 0. The average Bonchev–Trinajstić information content (AvgIpc) is 3.22. The fourth-order valence-electron chi connectivity index (χ4n) is 3.16. The molecule has 27 heavy (non-hydrogen) atoms. The van der Waals surface area contributed by atoms with Crippen LogP contribution in [-0.4, -0.2) is 20.7 Å². The number of carbonyl (C=O) groups excluding carboxylic acids is 1. The van der Waals surface area contributed by atoms with Gasteiger partial charge < -0.3 is 14.3 Å². The number of fused-ring (bicyclic) bond motifs is 1. The molecule has 0 aliphatic heterocycles. The predicted molar refractivity (Wildman–Crippen MR) is 105 cm³/mol. The van der Waals surface area contributed by atoms with Crippen LogP contribution in [0.1, 0.15) is 17.0 Å². The van der Waals surface area contributed by atoms with Crippen molar-refractivity contribution in [3.05, 3.63) is 65.5 Å². The molecular weight excluding hydrogens is 340 g/mol. The molecule has 0 unspecified atom stereocenters. The Morgan fingerprint density at radius 3 is 2.67 bits per heavy atom. The number of benzene rings is 2. The molecule has 4 aromatic rings. The van der Waals surface area contributed by atoms with E-state index >= 15 is 0 Å². The molecule has 0 bridgehead atoms. The van der Waals surface area contributed by atoms with Crippen molar-refractivity contribution in [2.24, 2.45) is 0 Å². The van der Waals surface area contributed by atoms with Crippen LogP contribution in [0.2, 0.25) is 0 Å². The Morgan fingerprint density at radius 1 is 1.07 bits per heavy atom. The zero-order valence-electron chi connectivity index (χ0n) is 15.5. The highest BCUT2D eigenvalue weighted by atomic mass is 16.4. The molecule has 6 nitrogen and oxygen atoms in total. The van der Waals surface area contributed by atoms with Gasteiger partial charge in [-0.25, -0.2) is 0 Å². The standard InChI is InChI=1S/C21H20N4O2/c1-13-8-9-14(2)17(10-13)22-20(26)12-25-18-7-5-4-6-16(18)11-19(25)21-24-23-15(3)27-21/h4-11H,12H2,1-3H3,(H,22,26). The molecule has 2 aromatic heterocycles. The summed E-state index contributed by atoms with van der Waals surface area (Å²) in [7, 11) is 0. The van der Waals surface area contributed by atoms with Crippen LogP contribution in [0.4, 0.5) is 5.69 Å². The largest absolute Gasteiger partial charge is 0.420 e. The van der Waals surface area contributed by atoms with Gasteiger partial charge in [-0.2, -0.15) is 0 Å². The van der Waals surface area contributed by atoms with Crippen LogP contribution in [-0.2, 0) is 11.3 Å². The second-order valence-corrected chi connectivity index (χ2v) is 6.67. The molecule has 0 saturated heterocycles. The molecule has 0 radical (unpaired) electrons. The second kappa shape index (κ2) is 6.72. The molecule has 6 heteroatoms. The zero-order chi connectivity index (χ0) is 19.0. The highest BCUT2D eigenvalue weighted by Crippen LogP contribution is 2.27. The van der Waals surface area contributed by atoms with Crippen molar-refractivity contribution in [1.82, 2.24) is 14.8 Å². The fraction of sp³-hybridized carbons (Fsp3) is 0.190. The summed E-state index contributed by atoms with van der Waals surface area (Å²) < 4.78 is 7.51. The number of nitrogens with zero attached hydrogens (tertiary/aromatic N) is 3. The van der Waals surface area contributed by atoms with E-state index in [1.54, 1.807) is 6.92 Å². The normalized spacial score (nSPS) is 11.1. The number of anilines is 1. The topological polar surface area (TPSA) is 73.0 Å². The summed E-state index contributed by atoms with van der Waals surface area (Å²) in [6, 6.07) is 15.9. The van der Waals surface area contributed by atoms with E-state index in [0.29, 0.717) is 11.8 Å². The van der Waals surface area contributed by atoms with Gasteiger partial charge in [0.15, 0.2) is 0 Å². The summed E-state index contributed by atoms with van der Waals surface area (Å²) in [4.78, 5) is 12.8. The van der Waals surface area contributed by atoms with Gasteiger partial charge in [0.1, 0.15) is 12.2 Å². The average molecular weight is 360 g/mol. The highest BCUT2D eigenvalue weighted by molar-refractivity contribution is 5.94. The van der Waals surface area contributed by atoms with E-state index < -0.39 is 0 Å². The monoisotopic (exact) mass is 360 g/mol. The predicted octanol–water partition coefficient (Wildman–Crippen LogP) is 4.26. The van der Waals surface area contributed by atoms with Gasteiger partial charge >= 0.3 is 0 Å². The Bertz CT molecular complexity index is 1140. The van der Waals surface area contributed by atoms with Gasteiger partial charge in [-0.1, -0.05) is 30.3 Å². The number of hydrogen-bond acceptors (Lipinski definition) is 4. The van der Waals surface area contributed by atoms with Gasteiger partial charge in [0.05, 0.1) is 0 Å². The lowest BCUT2D eigenvalue weighted by Crippen LogP contribution is -2.19. The number of aromatic nitrogens is 3. The fourth-order valence-corrected chi connectivity index (χ4v) is 3.16. The Balaban J connectivity index is 1.70. The summed E-state index contributed by atoms with van der Waals surface area (Å²) in [5.74, 6) is 0.785. The SMILES string of the molecule is Cc1ccc(C)c(NC(=O)Cn2c(-c3nnc(C)o3)cc3ccccc32)c1. The molecule has 2 heterocycles. The van der Waals surface area contributed by atoms with Crippen LogP contribution in [0.5, 0.6) is 0 Å². The third kappa shape index (κ3) is 3.33. The minimum absolute atomic E-state index is 0.109. The zero-order valence-corrected chi connectivity index (χ0v) is 15.5. The molecule has 2 aromatic carbocycles. The van der Waals surface area contributed by atoms with Crippen molar-refractivity contribution >= 4 is 22.5 Å². The third-order valence-electron chi connectivity index (χ3n) is 4.52. The maximum atomic E-state index is 12.8. The van der Waals surface area contributed by atoms with E-state index in [-0.39, 0.29) is 12.5 Å². The second-order valence-electron chi connectivity index (χ2n) is 6.67. The van der Waals surface area contributed by atoms with Crippen LogP contribution in [0.3, 0.4) is 0 Å². The molecule has 136 valence electrons. The third-order valence-corrected chi connectivity index (χ3v) is 4.52. The molecule has 0 saturated carbocycles. The van der Waals surface area contributed by atoms with Gasteiger partial charge in [-0.05, 0) is 43.2 Å². The maximum Gasteiger partial charge on any atom is 0.264 e. The Kier molecular flexibility index (Phi) is 4.24. The molecular formula is C21H20N4O2. The van der Waals surface area contributed by atoms with Gasteiger partial charge in [0.25, 0.3) is 5.89 Å². The quantitative estimate of drug-likeness (QED) is 0.590. The van der Waals surface area contributed by atoms with Crippen molar-refractivity contribution in [1.29, 1.82) is 0 Å². The van der Waals surface area contributed by atoms with Crippen molar-refractivity contribution in [2.75, 3.05) is 5.32 Å². The first-order valence-corrected chi connectivity index (χ1v) is 8.77. The van der Waals surface area contributed by atoms with Gasteiger partial charge in [0, 0.05) is 23.5 Å². The van der Waals surface area contributed by atoms with Crippen molar-refractivity contribution in [3.8, 4) is 11.6 Å². The van der Waals surface area contributed by atoms with E-state index in [0.717, 1.165) is 33.4 Å². The number of nitrogens with one attached hydrogen (secondary N) is 1. The Labute approximate surface area is 156 Å². The van der Waals surface area contributed by atoms with Crippen LogP contribution in [0, 0.1) is 20.8 Å². The van der Waals surface area contributed by atoms with Crippen LogP contribution in [0.15, 0.2) is 52.9 Å². The van der Waals surface area contributed by atoms with E-state index in [1.807, 2.05) is 66.9 Å². The minimum Gasteiger partial charge on any atom is -0.420 e. The summed E-state index contributed by atoms with van der Waals surface area (Å²) in [6.07, 6.45) is 0. The highest BCUT2D eigenvalue weighted by Gasteiger charge is 2.18. The molecule has 0 atom stereocenters. The molecule has 1 N–H and O–H groups in total. The first kappa shape index (κ1) is 17.0. The summed E-state index contributed by atoms with van der Waals surface area (Å²) in [5, 5.41) is 12.1. The van der Waals surface area contributed by atoms with Crippen LogP contribution >= 0.6 is 0 Å². The number of carbonyl (C=O) groups is 1. The molecule has 0 aliphatic carbocycles. The van der Waals surface area contributed by atoms with Gasteiger partial charge in [0.2, 0.25) is 11.8 Å². The molecule has 0 spiro atoms. The van der Waals surface area contributed by atoms with E-state index in [4.69, 9.17) is 4.42 Å². The first-order chi connectivity index (χ1) is 13.0. The van der Waals surface area contributed by atoms with Crippen molar-refractivity contribution in [3.63, 3.8) is 0 Å². The number of aryl methyl sites for hydroxylation is 3. The Morgan fingerprint density at radius 2 is 1.89 bits per heavy atom. The number of para-hydroxylation sites is 1.